The Morgan fingerprint density at radius 2 is 1.05 bits per heavy atom. The van der Waals surface area contributed by atoms with E-state index in [-0.39, 0.29) is 0 Å². The van der Waals surface area contributed by atoms with Gasteiger partial charge in [-0.15, -0.1) is 0 Å². The van der Waals surface area contributed by atoms with Gasteiger partial charge < -0.3 is 4.74 Å². The van der Waals surface area contributed by atoms with Crippen LogP contribution in [-0.2, 0) is 18.5 Å². The second kappa shape index (κ2) is 6.87. The standard InChI is InChI=1S/C39H26N4O/c1-3-21-17-29-30-18-22(4-2)20-34-41-28-12-8-6-10-24(28)26-14-16-32-36(38(26)41)39(43(30)34)35-31(44-32)15-13-25-23-9-5-7-11-27(23)40(37(25)35)33(19-21)42(29)39/h5-20H,3-4H2,1-2H3/q+2. The maximum atomic E-state index is 6.98. The highest BCUT2D eigenvalue weighted by molar-refractivity contribution is 6.14. The zero-order chi connectivity index (χ0) is 28.6. The summed E-state index contributed by atoms with van der Waals surface area (Å²) >= 11 is 0. The van der Waals surface area contributed by atoms with Crippen molar-refractivity contribution in [3.63, 3.8) is 0 Å². The molecule has 4 aliphatic heterocycles. The van der Waals surface area contributed by atoms with Gasteiger partial charge in [0.2, 0.25) is 0 Å². The van der Waals surface area contributed by atoms with Gasteiger partial charge in [0.15, 0.2) is 22.4 Å². The number of hydrogen-bond acceptors (Lipinski definition) is 1. The van der Waals surface area contributed by atoms with E-state index in [0.29, 0.717) is 0 Å². The normalized spacial score (nSPS) is 15.1. The first-order valence-electron chi connectivity index (χ1n) is 15.7. The van der Waals surface area contributed by atoms with Crippen molar-refractivity contribution in [3.05, 3.63) is 119 Å². The van der Waals surface area contributed by atoms with E-state index < -0.39 is 5.66 Å². The van der Waals surface area contributed by atoms with Crippen LogP contribution < -0.4 is 13.9 Å². The molecule has 0 saturated carbocycles. The molecule has 0 saturated heterocycles. The molecular weight excluding hydrogens is 540 g/mol. The maximum absolute atomic E-state index is 6.98. The first kappa shape index (κ1) is 22.2. The van der Waals surface area contributed by atoms with Crippen molar-refractivity contribution in [2.45, 2.75) is 32.4 Å². The molecule has 5 heteroatoms. The number of rotatable bonds is 2. The van der Waals surface area contributed by atoms with Gasteiger partial charge in [-0.2, -0.15) is 18.3 Å². The van der Waals surface area contributed by atoms with Crippen LogP contribution >= 0.6 is 0 Å². The second-order valence-electron chi connectivity index (χ2n) is 12.7. The van der Waals surface area contributed by atoms with Gasteiger partial charge in [0.05, 0.1) is 0 Å². The molecule has 0 amide bonds. The number of nitrogens with zero attached hydrogens (tertiary/aromatic N) is 4. The molecule has 8 heterocycles. The molecule has 0 fully saturated rings. The van der Waals surface area contributed by atoms with Crippen LogP contribution in [0.5, 0.6) is 11.5 Å². The zero-order valence-electron chi connectivity index (χ0n) is 24.3. The van der Waals surface area contributed by atoms with Crippen LogP contribution in [0.25, 0.3) is 66.6 Å². The van der Waals surface area contributed by atoms with Crippen LogP contribution in [0.15, 0.2) is 97.1 Å². The molecule has 0 atom stereocenters. The fourth-order valence-corrected chi connectivity index (χ4v) is 9.25. The molecule has 0 N–H and O–H groups in total. The highest BCUT2D eigenvalue weighted by atomic mass is 16.5. The van der Waals surface area contributed by atoms with Crippen molar-refractivity contribution in [2.75, 3.05) is 0 Å². The molecule has 5 nitrogen and oxygen atoms in total. The first-order chi connectivity index (χ1) is 21.7. The Balaban J connectivity index is 1.46. The summed E-state index contributed by atoms with van der Waals surface area (Å²) in [6.45, 7) is 4.54. The van der Waals surface area contributed by atoms with Gasteiger partial charge in [-0.1, -0.05) is 38.1 Å². The van der Waals surface area contributed by atoms with Gasteiger partial charge in [0.1, 0.15) is 33.7 Å². The molecule has 0 unspecified atom stereocenters. The summed E-state index contributed by atoms with van der Waals surface area (Å²) < 4.78 is 17.3. The molecule has 12 rings (SSSR count). The van der Waals surface area contributed by atoms with E-state index in [9.17, 15) is 0 Å². The van der Waals surface area contributed by atoms with Crippen molar-refractivity contribution < 1.29 is 13.9 Å². The van der Waals surface area contributed by atoms with Crippen molar-refractivity contribution in [1.29, 1.82) is 0 Å². The Labute approximate surface area is 252 Å². The third-order valence-electron chi connectivity index (χ3n) is 10.9. The molecule has 0 radical (unpaired) electrons. The van der Waals surface area contributed by atoms with Gasteiger partial charge in [0.25, 0.3) is 11.6 Å². The topological polar surface area (TPSA) is 26.8 Å². The highest BCUT2D eigenvalue weighted by Gasteiger charge is 2.69. The smallest absolute Gasteiger partial charge is 0.323 e. The minimum absolute atomic E-state index is 0.620. The number of benzene rings is 4. The lowest BCUT2D eigenvalue weighted by Gasteiger charge is -2.38. The van der Waals surface area contributed by atoms with Gasteiger partial charge in [-0.25, -0.2) is 0 Å². The monoisotopic (exact) mass is 566 g/mol. The molecule has 8 aromatic rings. The largest absolute Gasteiger partial charge is 0.456 e. The number of aromatic nitrogens is 4. The lowest BCUT2D eigenvalue weighted by atomic mass is 9.82. The van der Waals surface area contributed by atoms with Crippen molar-refractivity contribution >= 4 is 43.6 Å². The lowest BCUT2D eigenvalue weighted by molar-refractivity contribution is -0.934. The molecule has 206 valence electrons. The molecule has 44 heavy (non-hydrogen) atoms. The second-order valence-corrected chi connectivity index (χ2v) is 12.7. The molecule has 0 aliphatic carbocycles. The summed E-state index contributed by atoms with van der Waals surface area (Å²) in [6.07, 6.45) is 1.94. The van der Waals surface area contributed by atoms with Crippen LogP contribution in [0.2, 0.25) is 0 Å². The quantitative estimate of drug-likeness (QED) is 0.198. The SMILES string of the molecule is CCc1cc2[n+]3c(c1)-n1c4ccccc4c4ccc5c(c41)C31c3c(ccc4c6ccccc6n(c34)-c3cc(CC)cc-2[n+]31)O5. The maximum Gasteiger partial charge on any atom is 0.323 e. The molecule has 1 spiro atoms. The Kier molecular flexibility index (Phi) is 3.46. The van der Waals surface area contributed by atoms with E-state index in [2.05, 4.69) is 129 Å². The van der Waals surface area contributed by atoms with Crippen LogP contribution in [0, 0.1) is 0 Å². The van der Waals surface area contributed by atoms with Crippen LogP contribution in [-0.4, -0.2) is 9.13 Å². The number of hydrogen-bond donors (Lipinski definition) is 0. The van der Waals surface area contributed by atoms with Crippen molar-refractivity contribution in [2.24, 2.45) is 0 Å². The summed E-state index contributed by atoms with van der Waals surface area (Å²) in [5, 5.41) is 5.10. The Hall–Kier alpha value is -5.42. The summed E-state index contributed by atoms with van der Waals surface area (Å²) in [5.41, 5.74) is 12.0. The zero-order valence-corrected chi connectivity index (χ0v) is 24.3. The van der Waals surface area contributed by atoms with Gasteiger partial charge in [-0.3, -0.25) is 0 Å². The summed E-state index contributed by atoms with van der Waals surface area (Å²) in [4.78, 5) is 0. The molecule has 4 aliphatic rings. The van der Waals surface area contributed by atoms with E-state index in [1.165, 1.54) is 88.9 Å². The number of ether oxygens (including phenoxy) is 1. The fourth-order valence-electron chi connectivity index (χ4n) is 9.25. The number of fused-ring (bicyclic) bond motifs is 9. The first-order valence-corrected chi connectivity index (χ1v) is 15.7. The van der Waals surface area contributed by atoms with Crippen molar-refractivity contribution in [1.82, 2.24) is 9.13 Å². The van der Waals surface area contributed by atoms with Crippen LogP contribution in [0.3, 0.4) is 0 Å². The highest BCUT2D eigenvalue weighted by Crippen LogP contribution is 2.58. The molecular formula is C39H26N4O+2. The van der Waals surface area contributed by atoms with Gasteiger partial charge in [0, 0.05) is 33.7 Å². The minimum atomic E-state index is -0.620. The van der Waals surface area contributed by atoms with Crippen molar-refractivity contribution in [3.8, 4) is 34.5 Å². The summed E-state index contributed by atoms with van der Waals surface area (Å²) in [6, 6.07) is 36.5. The van der Waals surface area contributed by atoms with E-state index in [4.69, 9.17) is 4.74 Å². The van der Waals surface area contributed by atoms with E-state index in [1.54, 1.807) is 0 Å². The average Bonchev–Trinajstić information content (AvgIpc) is 3.69. The molecule has 4 aromatic heterocycles. The average molecular weight is 567 g/mol. The predicted molar refractivity (Wildman–Crippen MR) is 171 cm³/mol. The molecule has 0 bridgehead atoms. The van der Waals surface area contributed by atoms with E-state index in [0.717, 1.165) is 24.3 Å². The minimum Gasteiger partial charge on any atom is -0.456 e. The molecule has 4 aromatic carbocycles. The fraction of sp³-hybridized carbons (Fsp3) is 0.128. The number of aryl methyl sites for hydroxylation is 2. The lowest BCUT2D eigenvalue weighted by Crippen LogP contribution is -2.75. The Morgan fingerprint density at radius 3 is 1.52 bits per heavy atom. The van der Waals surface area contributed by atoms with Gasteiger partial charge in [-0.05, 0) is 84.6 Å². The van der Waals surface area contributed by atoms with E-state index >= 15 is 0 Å². The van der Waals surface area contributed by atoms with Gasteiger partial charge >= 0.3 is 5.66 Å². The summed E-state index contributed by atoms with van der Waals surface area (Å²) in [5.74, 6) is 4.31. The van der Waals surface area contributed by atoms with E-state index in [1.807, 2.05) is 0 Å². The predicted octanol–water partition coefficient (Wildman–Crippen LogP) is 7.59. The van der Waals surface area contributed by atoms with Crippen LogP contribution in [0.4, 0.5) is 0 Å². The Morgan fingerprint density at radius 1 is 0.568 bits per heavy atom. The summed E-state index contributed by atoms with van der Waals surface area (Å²) in [7, 11) is 0. The number of pyridine rings is 2. The Bertz CT molecular complexity index is 2540. The van der Waals surface area contributed by atoms with Crippen LogP contribution in [0.1, 0.15) is 36.1 Å². The number of para-hydroxylation sites is 2. The third kappa shape index (κ3) is 2.04. The third-order valence-corrected chi connectivity index (χ3v) is 10.9.